The van der Waals surface area contributed by atoms with Crippen molar-refractivity contribution in [3.63, 3.8) is 0 Å². The average molecular weight is 580 g/mol. The number of carboxylic acid groups (broad SMARTS) is 1. The van der Waals surface area contributed by atoms with E-state index in [1.54, 1.807) is 0 Å². The second-order valence-corrected chi connectivity index (χ2v) is 11.8. The Morgan fingerprint density at radius 2 is 1.49 bits per heavy atom. The summed E-state index contributed by atoms with van der Waals surface area (Å²) in [6.07, 6.45) is -4.87. The number of alkyl halides is 3. The highest BCUT2D eigenvalue weighted by Crippen LogP contribution is 2.25. The van der Waals surface area contributed by atoms with Crippen molar-refractivity contribution in [1.29, 1.82) is 0 Å². The fourth-order valence-electron chi connectivity index (χ4n) is 4.67. The van der Waals surface area contributed by atoms with Gasteiger partial charge in [0.05, 0.1) is 4.90 Å². The molecule has 0 spiro atoms. The van der Waals surface area contributed by atoms with Crippen molar-refractivity contribution >= 4 is 21.9 Å². The number of carbonyl (C=O) groups excluding carboxylic acids is 1. The Morgan fingerprint density at radius 1 is 0.974 bits per heavy atom. The average Bonchev–Trinajstić information content (AvgIpc) is 2.84. The minimum absolute atomic E-state index is 0.0312. The van der Waals surface area contributed by atoms with E-state index >= 15 is 0 Å². The van der Waals surface area contributed by atoms with Gasteiger partial charge in [0.2, 0.25) is 15.9 Å². The number of carbonyl (C=O) groups is 2. The van der Waals surface area contributed by atoms with Crippen LogP contribution in [0.15, 0.2) is 17.0 Å². The van der Waals surface area contributed by atoms with Gasteiger partial charge >= 0.3 is 12.1 Å². The Kier molecular flexibility index (Phi) is 12.2. The van der Waals surface area contributed by atoms with Gasteiger partial charge in [0.25, 0.3) is 0 Å². The first-order chi connectivity index (χ1) is 18.1. The molecule has 1 aromatic carbocycles. The fraction of sp³-hybridized carbons (Fsp3) is 0.680. The number of nitrogens with zero attached hydrogens (tertiary/aromatic N) is 4. The van der Waals surface area contributed by atoms with Crippen molar-refractivity contribution in [3.8, 4) is 0 Å². The molecule has 0 radical (unpaired) electrons. The van der Waals surface area contributed by atoms with Gasteiger partial charge in [0.15, 0.2) is 0 Å². The summed E-state index contributed by atoms with van der Waals surface area (Å²) in [6, 6.07) is 3.84. The number of aryl methyl sites for hydroxylation is 3. The Morgan fingerprint density at radius 3 is 1.97 bits per heavy atom. The van der Waals surface area contributed by atoms with Crippen LogP contribution in [0.25, 0.3) is 0 Å². The number of amides is 1. The zero-order valence-electron chi connectivity index (χ0n) is 23.1. The summed E-state index contributed by atoms with van der Waals surface area (Å²) in [5, 5.41) is 10.4. The van der Waals surface area contributed by atoms with E-state index in [0.717, 1.165) is 56.0 Å². The molecule has 2 N–H and O–H groups in total. The van der Waals surface area contributed by atoms with E-state index in [1.807, 2.05) is 37.8 Å². The topological polar surface area (TPSA) is 113 Å². The third kappa shape index (κ3) is 10.0. The molecule has 2 heterocycles. The maximum Gasteiger partial charge on any atom is 0.490 e. The summed E-state index contributed by atoms with van der Waals surface area (Å²) >= 11 is 0. The molecule has 3 rings (SSSR count). The van der Waals surface area contributed by atoms with Gasteiger partial charge in [-0.2, -0.15) is 17.5 Å². The quantitative estimate of drug-likeness (QED) is 0.474. The second kappa shape index (κ2) is 14.4. The normalized spacial score (nSPS) is 17.6. The molecule has 222 valence electrons. The Balaban J connectivity index is 0.000000673. The molecule has 0 aromatic heterocycles. The number of hydrogen-bond donors (Lipinski definition) is 2. The molecular weight excluding hydrogens is 539 g/mol. The van der Waals surface area contributed by atoms with Gasteiger partial charge in [-0.05, 0) is 38.9 Å². The predicted octanol–water partition coefficient (Wildman–Crippen LogP) is 1.31. The van der Waals surface area contributed by atoms with E-state index in [2.05, 4.69) is 22.2 Å². The monoisotopic (exact) mass is 579 g/mol. The minimum atomic E-state index is -5.08. The summed E-state index contributed by atoms with van der Waals surface area (Å²) in [5.74, 6) is -2.73. The highest BCUT2D eigenvalue weighted by molar-refractivity contribution is 7.89. The number of rotatable bonds is 8. The molecule has 14 heteroatoms. The summed E-state index contributed by atoms with van der Waals surface area (Å²) in [5.41, 5.74) is 2.58. The Labute approximate surface area is 228 Å². The maximum absolute atomic E-state index is 13.8. The fourth-order valence-corrected chi connectivity index (χ4v) is 6.52. The van der Waals surface area contributed by atoms with Crippen molar-refractivity contribution in [2.24, 2.45) is 0 Å². The van der Waals surface area contributed by atoms with E-state index in [-0.39, 0.29) is 18.9 Å². The number of aliphatic carboxylic acids is 1. The van der Waals surface area contributed by atoms with Crippen LogP contribution < -0.4 is 5.32 Å². The number of nitrogens with one attached hydrogen (secondary N) is 1. The molecule has 1 aromatic rings. The number of carboxylic acids is 1. The van der Waals surface area contributed by atoms with Gasteiger partial charge in [0, 0.05) is 78.4 Å². The number of benzene rings is 1. The molecule has 39 heavy (non-hydrogen) atoms. The maximum atomic E-state index is 13.8. The lowest BCUT2D eigenvalue weighted by Crippen LogP contribution is -2.49. The van der Waals surface area contributed by atoms with Crippen LogP contribution in [0.1, 0.15) is 23.1 Å². The van der Waals surface area contributed by atoms with Gasteiger partial charge < -0.3 is 20.2 Å². The highest BCUT2D eigenvalue weighted by Gasteiger charge is 2.38. The SMILES string of the molecule is Cc1cc(C)c(S(=O)(=O)N(CCC(=O)N2CCNCC2)CCN2CCN(C)CC2)c(C)c1.O=C(O)C(F)(F)F. The van der Waals surface area contributed by atoms with Crippen LogP contribution >= 0.6 is 0 Å². The first-order valence-corrected chi connectivity index (χ1v) is 14.3. The van der Waals surface area contributed by atoms with E-state index in [4.69, 9.17) is 9.90 Å². The number of likely N-dealkylation sites (N-methyl/N-ethyl adjacent to an activating group) is 1. The molecule has 0 aliphatic carbocycles. The zero-order valence-corrected chi connectivity index (χ0v) is 23.9. The third-order valence-corrected chi connectivity index (χ3v) is 8.96. The third-order valence-electron chi connectivity index (χ3n) is 6.75. The van der Waals surface area contributed by atoms with Crippen LogP contribution in [-0.2, 0) is 19.6 Å². The molecular formula is C25H40F3N5O5S. The van der Waals surface area contributed by atoms with Crippen LogP contribution in [0.3, 0.4) is 0 Å². The van der Waals surface area contributed by atoms with Gasteiger partial charge in [0.1, 0.15) is 0 Å². The van der Waals surface area contributed by atoms with Crippen LogP contribution in [0.5, 0.6) is 0 Å². The van der Waals surface area contributed by atoms with Crippen molar-refractivity contribution in [2.45, 2.75) is 38.3 Å². The first-order valence-electron chi connectivity index (χ1n) is 12.9. The lowest BCUT2D eigenvalue weighted by molar-refractivity contribution is -0.192. The zero-order chi connectivity index (χ0) is 29.4. The van der Waals surface area contributed by atoms with Gasteiger partial charge in [-0.15, -0.1) is 0 Å². The first kappa shape index (κ1) is 32.9. The molecule has 0 saturated carbocycles. The van der Waals surface area contributed by atoms with Crippen molar-refractivity contribution in [3.05, 3.63) is 28.8 Å². The van der Waals surface area contributed by atoms with Crippen LogP contribution in [0.2, 0.25) is 0 Å². The van der Waals surface area contributed by atoms with Gasteiger partial charge in [-0.3, -0.25) is 9.69 Å². The van der Waals surface area contributed by atoms with Gasteiger partial charge in [-0.1, -0.05) is 17.7 Å². The molecule has 2 saturated heterocycles. The highest BCUT2D eigenvalue weighted by atomic mass is 32.2. The lowest BCUT2D eigenvalue weighted by atomic mass is 10.1. The lowest BCUT2D eigenvalue weighted by Gasteiger charge is -2.34. The molecule has 10 nitrogen and oxygen atoms in total. The summed E-state index contributed by atoms with van der Waals surface area (Å²) < 4.78 is 60.8. The van der Waals surface area contributed by atoms with Gasteiger partial charge in [-0.25, -0.2) is 13.2 Å². The minimum Gasteiger partial charge on any atom is -0.475 e. The van der Waals surface area contributed by atoms with Crippen LogP contribution in [0, 0.1) is 20.8 Å². The van der Waals surface area contributed by atoms with E-state index in [9.17, 15) is 26.4 Å². The molecule has 0 unspecified atom stereocenters. The molecule has 0 atom stereocenters. The van der Waals surface area contributed by atoms with Crippen molar-refractivity contribution in [1.82, 2.24) is 24.3 Å². The number of hydrogen-bond acceptors (Lipinski definition) is 7. The molecule has 2 aliphatic heterocycles. The summed E-state index contributed by atoms with van der Waals surface area (Å²) in [6.45, 7) is 13.8. The second-order valence-electron chi connectivity index (χ2n) is 9.96. The van der Waals surface area contributed by atoms with Crippen LogP contribution in [0.4, 0.5) is 13.2 Å². The predicted molar refractivity (Wildman–Crippen MR) is 141 cm³/mol. The molecule has 2 aliphatic rings. The van der Waals surface area contributed by atoms with E-state index in [1.165, 1.54) is 4.31 Å². The number of halogens is 3. The summed E-state index contributed by atoms with van der Waals surface area (Å²) in [7, 11) is -1.59. The smallest absolute Gasteiger partial charge is 0.475 e. The van der Waals surface area contributed by atoms with Crippen molar-refractivity contribution < 1.29 is 36.3 Å². The molecule has 0 bridgehead atoms. The molecule has 2 fully saturated rings. The van der Waals surface area contributed by atoms with Crippen LogP contribution in [-0.4, -0.2) is 130 Å². The Bertz CT molecular complexity index is 1060. The number of piperazine rings is 2. The van der Waals surface area contributed by atoms with Crippen molar-refractivity contribution in [2.75, 3.05) is 79.0 Å². The molecule has 1 amide bonds. The largest absolute Gasteiger partial charge is 0.490 e. The van der Waals surface area contributed by atoms with E-state index < -0.39 is 22.2 Å². The number of sulfonamides is 1. The van der Waals surface area contributed by atoms with E-state index in [0.29, 0.717) is 31.1 Å². The summed E-state index contributed by atoms with van der Waals surface area (Å²) in [4.78, 5) is 28.5. The Hall–Kier alpha value is -2.26. The standard InChI is InChI=1S/C23H39N5O3S.C2HF3O2/c1-19-17-20(2)23(21(3)18-19)32(30,31)28(16-15-26-13-11-25(4)12-14-26)8-5-22(29)27-9-6-24-7-10-27;3-2(4,5)1(6)7/h17-18,24H,5-16H2,1-4H3;(H,6,7).